The molecule has 0 aliphatic heterocycles. The molecule has 0 amide bonds. The highest BCUT2D eigenvalue weighted by atomic mass is 79.9. The molecule has 0 bridgehead atoms. The zero-order valence-corrected chi connectivity index (χ0v) is 13.9. The number of benzene rings is 2. The molecule has 2 rings (SSSR count). The molecule has 0 aliphatic rings. The minimum atomic E-state index is 0.0510. The Hall–Kier alpha value is -1.00. The predicted octanol–water partition coefficient (Wildman–Crippen LogP) is 4.95. The van der Waals surface area contributed by atoms with Crippen molar-refractivity contribution in [3.63, 3.8) is 0 Å². The van der Waals surface area contributed by atoms with Crippen LogP contribution in [0.3, 0.4) is 0 Å². The van der Waals surface area contributed by atoms with Gasteiger partial charge in [0.2, 0.25) is 0 Å². The van der Waals surface area contributed by atoms with Crippen LogP contribution in [-0.2, 0) is 0 Å². The van der Waals surface area contributed by atoms with Crippen molar-refractivity contribution in [2.24, 2.45) is 0 Å². The first-order valence-corrected chi connectivity index (χ1v) is 7.48. The monoisotopic (exact) mass is 384 g/mol. The molecule has 0 spiro atoms. The third-order valence-corrected chi connectivity index (χ3v) is 4.37. The van der Waals surface area contributed by atoms with Crippen LogP contribution in [0.25, 0.3) is 0 Å². The van der Waals surface area contributed by atoms with Crippen LogP contribution in [0.2, 0.25) is 0 Å². The summed E-state index contributed by atoms with van der Waals surface area (Å²) in [6.45, 7) is 0. The molecule has 0 heterocycles. The van der Waals surface area contributed by atoms with Crippen molar-refractivity contribution in [1.82, 2.24) is 0 Å². The molecule has 0 aromatic heterocycles. The Bertz CT molecular complexity index is 570. The van der Waals surface area contributed by atoms with Gasteiger partial charge in [0, 0.05) is 10.0 Å². The largest absolute Gasteiger partial charge is 0.497 e. The third-order valence-electron chi connectivity index (χ3n) is 2.85. The second kappa shape index (κ2) is 6.44. The van der Waals surface area contributed by atoms with Gasteiger partial charge < -0.3 is 9.47 Å². The van der Waals surface area contributed by atoms with Crippen molar-refractivity contribution >= 4 is 31.9 Å². The highest BCUT2D eigenvalue weighted by Crippen LogP contribution is 2.38. The maximum absolute atomic E-state index is 5.42. The summed E-state index contributed by atoms with van der Waals surface area (Å²) in [6, 6.07) is 14.0. The summed E-state index contributed by atoms with van der Waals surface area (Å²) in [6.07, 6.45) is 0. The molecule has 19 heavy (non-hydrogen) atoms. The van der Waals surface area contributed by atoms with Gasteiger partial charge in [0.05, 0.1) is 19.0 Å². The maximum atomic E-state index is 5.42. The van der Waals surface area contributed by atoms with E-state index in [0.29, 0.717) is 0 Å². The van der Waals surface area contributed by atoms with Crippen molar-refractivity contribution in [2.75, 3.05) is 14.2 Å². The van der Waals surface area contributed by atoms with Gasteiger partial charge in [0.1, 0.15) is 11.5 Å². The van der Waals surface area contributed by atoms with Crippen molar-refractivity contribution in [3.8, 4) is 11.5 Å². The summed E-state index contributed by atoms with van der Waals surface area (Å²) in [5, 5.41) is 0. The fourth-order valence-corrected chi connectivity index (χ4v) is 2.90. The summed E-state index contributed by atoms with van der Waals surface area (Å²) in [7, 11) is 3.35. The van der Waals surface area contributed by atoms with Crippen LogP contribution >= 0.6 is 31.9 Å². The zero-order valence-electron chi connectivity index (χ0n) is 10.7. The lowest BCUT2D eigenvalue weighted by Gasteiger charge is -2.16. The smallest absolute Gasteiger partial charge is 0.123 e. The molecule has 0 aliphatic carbocycles. The van der Waals surface area contributed by atoms with Crippen LogP contribution in [0.1, 0.15) is 16.0 Å². The van der Waals surface area contributed by atoms with E-state index in [1.165, 1.54) is 0 Å². The van der Waals surface area contributed by atoms with Crippen molar-refractivity contribution in [2.45, 2.75) is 4.83 Å². The highest BCUT2D eigenvalue weighted by molar-refractivity contribution is 9.10. The first-order valence-electron chi connectivity index (χ1n) is 5.77. The topological polar surface area (TPSA) is 18.5 Å². The van der Waals surface area contributed by atoms with E-state index in [1.54, 1.807) is 14.2 Å². The molecule has 0 saturated heterocycles. The van der Waals surface area contributed by atoms with Gasteiger partial charge in [-0.15, -0.1) is 0 Å². The van der Waals surface area contributed by atoms with Gasteiger partial charge in [-0.25, -0.2) is 0 Å². The Morgan fingerprint density at radius 1 is 1.00 bits per heavy atom. The first-order chi connectivity index (χ1) is 9.15. The van der Waals surface area contributed by atoms with Gasteiger partial charge in [-0.3, -0.25) is 0 Å². The van der Waals surface area contributed by atoms with Gasteiger partial charge in [-0.1, -0.05) is 44.0 Å². The molecule has 1 atom stereocenters. The van der Waals surface area contributed by atoms with E-state index in [2.05, 4.69) is 44.0 Å². The fourth-order valence-electron chi connectivity index (χ4n) is 1.88. The Morgan fingerprint density at radius 3 is 2.47 bits per heavy atom. The lowest BCUT2D eigenvalue weighted by molar-refractivity contribution is 0.409. The number of hydrogen-bond acceptors (Lipinski definition) is 2. The minimum absolute atomic E-state index is 0.0510. The Kier molecular flexibility index (Phi) is 4.88. The number of hydrogen-bond donors (Lipinski definition) is 0. The molecule has 0 saturated carbocycles. The first kappa shape index (κ1) is 14.4. The molecule has 0 radical (unpaired) electrons. The van der Waals surface area contributed by atoms with Crippen LogP contribution in [0, 0.1) is 0 Å². The van der Waals surface area contributed by atoms with Gasteiger partial charge in [0.25, 0.3) is 0 Å². The van der Waals surface area contributed by atoms with Gasteiger partial charge in [-0.05, 0) is 35.9 Å². The summed E-state index contributed by atoms with van der Waals surface area (Å²) in [5.41, 5.74) is 2.20. The van der Waals surface area contributed by atoms with Gasteiger partial charge in [0.15, 0.2) is 0 Å². The molecule has 0 N–H and O–H groups in total. The van der Waals surface area contributed by atoms with E-state index >= 15 is 0 Å². The van der Waals surface area contributed by atoms with Crippen LogP contribution in [-0.4, -0.2) is 14.2 Å². The molecule has 1 unspecified atom stereocenters. The molecular formula is C15H14Br2O2. The summed E-state index contributed by atoms with van der Waals surface area (Å²) in [4.78, 5) is 0.0510. The SMILES string of the molecule is COc1cccc(C(Br)c2cc(Br)ccc2OC)c1. The van der Waals surface area contributed by atoms with Crippen LogP contribution in [0.5, 0.6) is 11.5 Å². The van der Waals surface area contributed by atoms with E-state index in [1.807, 2.05) is 30.3 Å². The lowest BCUT2D eigenvalue weighted by atomic mass is 10.0. The van der Waals surface area contributed by atoms with E-state index < -0.39 is 0 Å². The molecular weight excluding hydrogens is 372 g/mol. The molecule has 100 valence electrons. The quantitative estimate of drug-likeness (QED) is 0.693. The predicted molar refractivity (Wildman–Crippen MR) is 84.5 cm³/mol. The van der Waals surface area contributed by atoms with Crippen molar-refractivity contribution in [1.29, 1.82) is 0 Å². The maximum Gasteiger partial charge on any atom is 0.123 e. The number of alkyl halides is 1. The van der Waals surface area contributed by atoms with E-state index in [0.717, 1.165) is 27.1 Å². The second-order valence-electron chi connectivity index (χ2n) is 4.03. The lowest BCUT2D eigenvalue weighted by Crippen LogP contribution is -1.97. The zero-order chi connectivity index (χ0) is 13.8. The normalized spacial score (nSPS) is 12.0. The van der Waals surface area contributed by atoms with E-state index in [-0.39, 0.29) is 4.83 Å². The average molecular weight is 386 g/mol. The summed E-state index contributed by atoms with van der Waals surface area (Å²) >= 11 is 7.22. The highest BCUT2D eigenvalue weighted by Gasteiger charge is 2.16. The number of halogens is 2. The van der Waals surface area contributed by atoms with Crippen LogP contribution in [0.15, 0.2) is 46.9 Å². The Morgan fingerprint density at radius 2 is 1.79 bits per heavy atom. The van der Waals surface area contributed by atoms with Crippen LogP contribution in [0.4, 0.5) is 0 Å². The Balaban J connectivity index is 2.42. The number of rotatable bonds is 4. The van der Waals surface area contributed by atoms with E-state index in [4.69, 9.17) is 9.47 Å². The second-order valence-corrected chi connectivity index (χ2v) is 5.86. The summed E-state index contributed by atoms with van der Waals surface area (Å²) < 4.78 is 11.7. The standard InChI is InChI=1S/C15H14Br2O2/c1-18-12-5-3-4-10(8-12)15(17)13-9-11(16)6-7-14(13)19-2/h3-9,15H,1-2H3. The third kappa shape index (κ3) is 3.31. The number of methoxy groups -OCH3 is 2. The van der Waals surface area contributed by atoms with Gasteiger partial charge in [-0.2, -0.15) is 0 Å². The average Bonchev–Trinajstić information content (AvgIpc) is 2.46. The molecule has 2 aromatic carbocycles. The molecule has 2 nitrogen and oxygen atoms in total. The van der Waals surface area contributed by atoms with E-state index in [9.17, 15) is 0 Å². The molecule has 4 heteroatoms. The van der Waals surface area contributed by atoms with Gasteiger partial charge >= 0.3 is 0 Å². The Labute approximate surface area is 130 Å². The van der Waals surface area contributed by atoms with Crippen molar-refractivity contribution in [3.05, 3.63) is 58.1 Å². The van der Waals surface area contributed by atoms with Crippen molar-refractivity contribution < 1.29 is 9.47 Å². The number of ether oxygens (including phenoxy) is 2. The van der Waals surface area contributed by atoms with Crippen LogP contribution < -0.4 is 9.47 Å². The molecule has 2 aromatic rings. The minimum Gasteiger partial charge on any atom is -0.497 e. The molecule has 0 fully saturated rings. The fraction of sp³-hybridized carbons (Fsp3) is 0.200. The summed E-state index contributed by atoms with van der Waals surface area (Å²) in [5.74, 6) is 1.70.